The van der Waals surface area contributed by atoms with E-state index in [-0.39, 0.29) is 18.7 Å². The number of halogens is 1. The van der Waals surface area contributed by atoms with E-state index in [0.717, 1.165) is 24.9 Å². The van der Waals surface area contributed by atoms with Gasteiger partial charge in [-0.05, 0) is 42.7 Å². The van der Waals surface area contributed by atoms with Crippen molar-refractivity contribution in [3.63, 3.8) is 0 Å². The Morgan fingerprint density at radius 1 is 1.13 bits per heavy atom. The Bertz CT molecular complexity index is 762. The Hall–Kier alpha value is -2.20. The SMILES string of the molecule is O=C(c1ccc2c(c1)OCO2)N1CCC[C@@H]1c1ccccc1Cl. The first-order chi connectivity index (χ1) is 11.2. The van der Waals surface area contributed by atoms with Gasteiger partial charge in [0.2, 0.25) is 6.79 Å². The number of carbonyl (C=O) groups excluding carboxylic acids is 1. The second-order valence-electron chi connectivity index (χ2n) is 5.75. The molecule has 5 heteroatoms. The molecule has 1 amide bonds. The van der Waals surface area contributed by atoms with Gasteiger partial charge in [-0.2, -0.15) is 0 Å². The van der Waals surface area contributed by atoms with Crippen molar-refractivity contribution in [3.8, 4) is 11.5 Å². The van der Waals surface area contributed by atoms with Crippen molar-refractivity contribution in [2.24, 2.45) is 0 Å². The second kappa shape index (κ2) is 5.78. The van der Waals surface area contributed by atoms with Gasteiger partial charge in [-0.25, -0.2) is 0 Å². The lowest BCUT2D eigenvalue weighted by Gasteiger charge is -2.26. The maximum Gasteiger partial charge on any atom is 0.254 e. The molecule has 23 heavy (non-hydrogen) atoms. The average molecular weight is 330 g/mol. The third kappa shape index (κ3) is 2.53. The van der Waals surface area contributed by atoms with E-state index in [9.17, 15) is 4.79 Å². The van der Waals surface area contributed by atoms with Gasteiger partial charge in [-0.1, -0.05) is 29.8 Å². The van der Waals surface area contributed by atoms with Gasteiger partial charge in [-0.3, -0.25) is 4.79 Å². The molecule has 1 fully saturated rings. The average Bonchev–Trinajstić information content (AvgIpc) is 3.23. The summed E-state index contributed by atoms with van der Waals surface area (Å²) in [6.07, 6.45) is 1.91. The number of carbonyl (C=O) groups is 1. The van der Waals surface area contributed by atoms with Crippen LogP contribution in [0.2, 0.25) is 5.02 Å². The molecule has 0 aliphatic carbocycles. The van der Waals surface area contributed by atoms with Gasteiger partial charge in [0.1, 0.15) is 0 Å². The topological polar surface area (TPSA) is 38.8 Å². The first kappa shape index (κ1) is 14.4. The highest BCUT2D eigenvalue weighted by Crippen LogP contribution is 2.38. The zero-order valence-corrected chi connectivity index (χ0v) is 13.3. The summed E-state index contributed by atoms with van der Waals surface area (Å²) in [6.45, 7) is 0.947. The van der Waals surface area contributed by atoms with Gasteiger partial charge in [0.15, 0.2) is 11.5 Å². The summed E-state index contributed by atoms with van der Waals surface area (Å²) in [5.41, 5.74) is 1.63. The fourth-order valence-electron chi connectivity index (χ4n) is 3.27. The number of rotatable bonds is 2. The van der Waals surface area contributed by atoms with E-state index < -0.39 is 0 Å². The summed E-state index contributed by atoms with van der Waals surface area (Å²) in [5, 5.41) is 0.711. The molecule has 0 unspecified atom stereocenters. The number of hydrogen-bond acceptors (Lipinski definition) is 3. The minimum absolute atomic E-state index is 0.00530. The molecule has 0 radical (unpaired) electrons. The molecule has 2 heterocycles. The molecular weight excluding hydrogens is 314 g/mol. The molecule has 2 aromatic rings. The normalized spacial score (nSPS) is 19.2. The number of likely N-dealkylation sites (tertiary alicyclic amines) is 1. The quantitative estimate of drug-likeness (QED) is 0.834. The van der Waals surface area contributed by atoms with E-state index in [1.807, 2.05) is 29.2 Å². The molecule has 4 nitrogen and oxygen atoms in total. The van der Waals surface area contributed by atoms with Crippen LogP contribution in [-0.4, -0.2) is 24.1 Å². The summed E-state index contributed by atoms with van der Waals surface area (Å²) in [4.78, 5) is 14.8. The smallest absolute Gasteiger partial charge is 0.254 e. The second-order valence-corrected chi connectivity index (χ2v) is 6.15. The lowest BCUT2D eigenvalue weighted by atomic mass is 10.0. The van der Waals surface area contributed by atoms with Crippen LogP contribution in [0, 0.1) is 0 Å². The highest BCUT2D eigenvalue weighted by atomic mass is 35.5. The van der Waals surface area contributed by atoms with E-state index in [1.165, 1.54) is 0 Å². The number of fused-ring (bicyclic) bond motifs is 1. The number of ether oxygens (including phenoxy) is 2. The van der Waals surface area contributed by atoms with Gasteiger partial charge >= 0.3 is 0 Å². The van der Waals surface area contributed by atoms with Crippen LogP contribution < -0.4 is 9.47 Å². The molecule has 0 bridgehead atoms. The van der Waals surface area contributed by atoms with Crippen LogP contribution in [-0.2, 0) is 0 Å². The molecule has 2 aromatic carbocycles. The summed E-state index contributed by atoms with van der Waals surface area (Å²) in [5.74, 6) is 1.32. The lowest BCUT2D eigenvalue weighted by molar-refractivity contribution is 0.0735. The number of nitrogens with zero attached hydrogens (tertiary/aromatic N) is 1. The molecule has 0 saturated carbocycles. The zero-order valence-electron chi connectivity index (χ0n) is 12.5. The van der Waals surface area contributed by atoms with E-state index in [1.54, 1.807) is 18.2 Å². The molecule has 0 N–H and O–H groups in total. The van der Waals surface area contributed by atoms with Crippen LogP contribution in [0.1, 0.15) is 34.8 Å². The maximum atomic E-state index is 12.9. The fraction of sp³-hybridized carbons (Fsp3) is 0.278. The number of benzene rings is 2. The minimum Gasteiger partial charge on any atom is -0.454 e. The standard InChI is InChI=1S/C18H16ClNO3/c19-14-5-2-1-4-13(14)15-6-3-9-20(15)18(21)12-7-8-16-17(10-12)23-11-22-16/h1-2,4-5,7-8,10,15H,3,6,9,11H2/t15-/m1/s1. The van der Waals surface area contributed by atoms with Crippen LogP contribution in [0.3, 0.4) is 0 Å². The Labute approximate surface area is 139 Å². The third-order valence-electron chi connectivity index (χ3n) is 4.40. The van der Waals surface area contributed by atoms with Crippen LogP contribution >= 0.6 is 11.6 Å². The Balaban J connectivity index is 1.64. The summed E-state index contributed by atoms with van der Waals surface area (Å²) >= 11 is 6.32. The highest BCUT2D eigenvalue weighted by molar-refractivity contribution is 6.31. The van der Waals surface area contributed by atoms with Gasteiger partial charge < -0.3 is 14.4 Å². The van der Waals surface area contributed by atoms with Gasteiger partial charge in [0.25, 0.3) is 5.91 Å². The Kier molecular flexibility index (Phi) is 3.62. The Morgan fingerprint density at radius 2 is 1.96 bits per heavy atom. The highest BCUT2D eigenvalue weighted by Gasteiger charge is 2.32. The molecule has 0 spiro atoms. The number of amides is 1. The van der Waals surface area contributed by atoms with Crippen molar-refractivity contribution in [1.82, 2.24) is 4.90 Å². The molecule has 118 valence electrons. The molecular formula is C18H16ClNO3. The van der Waals surface area contributed by atoms with Crippen molar-refractivity contribution in [2.75, 3.05) is 13.3 Å². The number of hydrogen-bond donors (Lipinski definition) is 0. The first-order valence-electron chi connectivity index (χ1n) is 7.69. The van der Waals surface area contributed by atoms with E-state index in [4.69, 9.17) is 21.1 Å². The van der Waals surface area contributed by atoms with Crippen LogP contribution in [0.25, 0.3) is 0 Å². The van der Waals surface area contributed by atoms with Crippen molar-refractivity contribution >= 4 is 17.5 Å². The minimum atomic E-state index is 0.00530. The van der Waals surface area contributed by atoms with Gasteiger partial charge in [0, 0.05) is 17.1 Å². The molecule has 2 aliphatic heterocycles. The van der Waals surface area contributed by atoms with Gasteiger partial charge in [-0.15, -0.1) is 0 Å². The van der Waals surface area contributed by atoms with Crippen LogP contribution in [0.4, 0.5) is 0 Å². The first-order valence-corrected chi connectivity index (χ1v) is 8.07. The van der Waals surface area contributed by atoms with Crippen molar-refractivity contribution in [2.45, 2.75) is 18.9 Å². The Morgan fingerprint density at radius 3 is 2.83 bits per heavy atom. The molecule has 2 aliphatic rings. The lowest BCUT2D eigenvalue weighted by Crippen LogP contribution is -2.30. The van der Waals surface area contributed by atoms with Crippen LogP contribution in [0.5, 0.6) is 11.5 Å². The summed E-state index contributed by atoms with van der Waals surface area (Å²) in [7, 11) is 0. The predicted octanol–water partition coefficient (Wildman–Crippen LogP) is 4.05. The predicted molar refractivity (Wildman–Crippen MR) is 87.0 cm³/mol. The maximum absolute atomic E-state index is 12.9. The third-order valence-corrected chi connectivity index (χ3v) is 4.74. The fourth-order valence-corrected chi connectivity index (χ4v) is 3.54. The molecule has 1 atom stereocenters. The van der Waals surface area contributed by atoms with Gasteiger partial charge in [0.05, 0.1) is 6.04 Å². The van der Waals surface area contributed by atoms with E-state index in [0.29, 0.717) is 22.1 Å². The van der Waals surface area contributed by atoms with E-state index in [2.05, 4.69) is 0 Å². The van der Waals surface area contributed by atoms with Crippen molar-refractivity contribution in [3.05, 3.63) is 58.6 Å². The van der Waals surface area contributed by atoms with Crippen LogP contribution in [0.15, 0.2) is 42.5 Å². The molecule has 4 rings (SSSR count). The molecule has 0 aromatic heterocycles. The largest absolute Gasteiger partial charge is 0.454 e. The molecule has 1 saturated heterocycles. The van der Waals surface area contributed by atoms with Crippen molar-refractivity contribution in [1.29, 1.82) is 0 Å². The summed E-state index contributed by atoms with van der Waals surface area (Å²) < 4.78 is 10.7. The van der Waals surface area contributed by atoms with E-state index >= 15 is 0 Å². The zero-order chi connectivity index (χ0) is 15.8. The monoisotopic (exact) mass is 329 g/mol. The van der Waals surface area contributed by atoms with Crippen molar-refractivity contribution < 1.29 is 14.3 Å². The summed E-state index contributed by atoms with van der Waals surface area (Å²) in [6, 6.07) is 13.1.